The molecular weight excluding hydrogens is 409 g/mol. The van der Waals surface area contributed by atoms with Gasteiger partial charge in [0.2, 0.25) is 5.88 Å². The summed E-state index contributed by atoms with van der Waals surface area (Å²) in [6.45, 7) is 0. The Morgan fingerprint density at radius 1 is 1.44 bits per heavy atom. The molecule has 1 atom stereocenters. The maximum Gasteiger partial charge on any atom is 0.257 e. The van der Waals surface area contributed by atoms with Crippen molar-refractivity contribution < 1.29 is 4.74 Å². The molecule has 7 nitrogen and oxygen atoms in total. The molecule has 4 rings (SSSR count). The van der Waals surface area contributed by atoms with E-state index >= 15 is 0 Å². The Morgan fingerprint density at radius 3 is 2.93 bits per heavy atom. The number of fused-ring (bicyclic) bond motifs is 3. The lowest BCUT2D eigenvalue weighted by atomic mass is 9.84. The summed E-state index contributed by atoms with van der Waals surface area (Å²) in [5.74, 6) is -0.624. The Morgan fingerprint density at radius 2 is 2.22 bits per heavy atom. The summed E-state index contributed by atoms with van der Waals surface area (Å²) in [5, 5.41) is 13.7. The number of nitriles is 1. The van der Waals surface area contributed by atoms with Crippen LogP contribution in [0.1, 0.15) is 17.0 Å². The number of aromatic amines is 1. The van der Waals surface area contributed by atoms with Gasteiger partial charge in [0.1, 0.15) is 16.3 Å². The van der Waals surface area contributed by atoms with Gasteiger partial charge in [-0.2, -0.15) is 5.26 Å². The average molecular weight is 420 g/mol. The first-order valence-electron chi connectivity index (χ1n) is 7.72. The van der Waals surface area contributed by atoms with E-state index in [0.717, 1.165) is 0 Å². The number of halogens is 2. The van der Waals surface area contributed by atoms with Gasteiger partial charge in [0.15, 0.2) is 16.5 Å². The fourth-order valence-corrected chi connectivity index (χ4v) is 4.34. The van der Waals surface area contributed by atoms with Crippen LogP contribution in [0.2, 0.25) is 10.0 Å². The zero-order valence-electron chi connectivity index (χ0n) is 13.8. The molecule has 136 valence electrons. The lowest BCUT2D eigenvalue weighted by molar-refractivity contribution is 0.397. The maximum absolute atomic E-state index is 12.9. The third-order valence-corrected chi connectivity index (χ3v) is 6.14. The predicted octanol–water partition coefficient (Wildman–Crippen LogP) is 3.55. The molecule has 0 saturated heterocycles. The molecule has 27 heavy (non-hydrogen) atoms. The zero-order chi connectivity index (χ0) is 19.3. The lowest BCUT2D eigenvalue weighted by Crippen LogP contribution is -2.27. The quantitative estimate of drug-likeness (QED) is 0.584. The van der Waals surface area contributed by atoms with Crippen LogP contribution < -0.4 is 21.3 Å². The van der Waals surface area contributed by atoms with Gasteiger partial charge in [0.25, 0.3) is 5.56 Å². The van der Waals surface area contributed by atoms with Crippen molar-refractivity contribution >= 4 is 50.0 Å². The van der Waals surface area contributed by atoms with E-state index in [4.69, 9.17) is 33.7 Å². The summed E-state index contributed by atoms with van der Waals surface area (Å²) in [6.07, 6.45) is 0. The molecule has 3 heterocycles. The molecule has 0 spiro atoms. The second kappa shape index (κ2) is 6.46. The number of nitrogens with one attached hydrogen (secondary N) is 2. The summed E-state index contributed by atoms with van der Waals surface area (Å²) in [4.78, 5) is 19.9. The first kappa shape index (κ1) is 17.7. The van der Waals surface area contributed by atoms with Crippen molar-refractivity contribution in [1.29, 1.82) is 5.26 Å². The van der Waals surface area contributed by atoms with Crippen LogP contribution in [0.15, 0.2) is 34.4 Å². The highest BCUT2D eigenvalue weighted by atomic mass is 35.5. The van der Waals surface area contributed by atoms with Crippen LogP contribution in [0.5, 0.6) is 5.75 Å². The number of aromatic nitrogens is 2. The molecule has 1 unspecified atom stereocenters. The highest BCUT2D eigenvalue weighted by molar-refractivity contribution is 7.22. The minimum absolute atomic E-state index is 0.0858. The fraction of sp³-hybridized carbons (Fsp3) is 0.118. The molecule has 0 bridgehead atoms. The van der Waals surface area contributed by atoms with E-state index in [-0.39, 0.29) is 27.8 Å². The second-order valence-corrected chi connectivity index (χ2v) is 7.50. The van der Waals surface area contributed by atoms with Crippen molar-refractivity contribution in [3.8, 4) is 11.8 Å². The van der Waals surface area contributed by atoms with Gasteiger partial charge in [0, 0.05) is 7.05 Å². The number of anilines is 1. The monoisotopic (exact) mass is 419 g/mol. The van der Waals surface area contributed by atoms with Gasteiger partial charge < -0.3 is 20.8 Å². The molecule has 10 heteroatoms. The van der Waals surface area contributed by atoms with E-state index in [9.17, 15) is 10.1 Å². The molecule has 1 aliphatic rings. The third-order valence-electron chi connectivity index (χ3n) is 4.24. The topological polar surface area (TPSA) is 117 Å². The van der Waals surface area contributed by atoms with Crippen LogP contribution in [-0.2, 0) is 0 Å². The van der Waals surface area contributed by atoms with Gasteiger partial charge in [-0.15, -0.1) is 0 Å². The highest BCUT2D eigenvalue weighted by Gasteiger charge is 2.36. The van der Waals surface area contributed by atoms with Gasteiger partial charge in [0.05, 0.1) is 21.5 Å². The number of nitrogens with zero attached hydrogens (tertiary/aromatic N) is 2. The van der Waals surface area contributed by atoms with Gasteiger partial charge in [-0.1, -0.05) is 46.7 Å². The standard InChI is InChI=1S/C17H11Cl2N5O2S/c1-22-17-24-15-13(27-17)12-10(16(25)23-15)9(7(5-20)14(21)26-12)6-3-2-4-8(18)11(6)19/h2-4,9H,21H2,1H3,(H2,22,23,24,25). The molecule has 4 N–H and O–H groups in total. The van der Waals surface area contributed by atoms with Crippen LogP contribution >= 0.6 is 34.5 Å². The number of benzene rings is 1. The SMILES string of the molecule is CNc1nc2[nH]c(=O)c3c(c2s1)OC(N)=C(C#N)C3c1cccc(Cl)c1Cl. The molecule has 0 aliphatic carbocycles. The van der Waals surface area contributed by atoms with Crippen LogP contribution in [0.3, 0.4) is 0 Å². The van der Waals surface area contributed by atoms with Crippen molar-refractivity contribution in [2.24, 2.45) is 5.73 Å². The Kier molecular flexibility index (Phi) is 4.23. The Hall–Kier alpha value is -2.73. The number of hydrogen-bond acceptors (Lipinski definition) is 7. The fourth-order valence-electron chi connectivity index (χ4n) is 3.06. The van der Waals surface area contributed by atoms with Crippen LogP contribution in [0.4, 0.5) is 5.13 Å². The summed E-state index contributed by atoms with van der Waals surface area (Å²) in [5.41, 5.74) is 6.78. The Bertz CT molecular complexity index is 1220. The van der Waals surface area contributed by atoms with Crippen LogP contribution in [-0.4, -0.2) is 17.0 Å². The first-order chi connectivity index (χ1) is 13.0. The van der Waals surface area contributed by atoms with E-state index in [2.05, 4.69) is 15.3 Å². The van der Waals surface area contributed by atoms with Crippen molar-refractivity contribution in [2.45, 2.75) is 5.92 Å². The molecule has 0 fully saturated rings. The molecule has 1 aliphatic heterocycles. The molecule has 0 saturated carbocycles. The molecule has 1 aromatic carbocycles. The van der Waals surface area contributed by atoms with Gasteiger partial charge in [-0.05, 0) is 11.6 Å². The van der Waals surface area contributed by atoms with E-state index in [1.165, 1.54) is 11.3 Å². The molecule has 0 amide bonds. The normalized spacial score (nSPS) is 16.0. The van der Waals surface area contributed by atoms with E-state index in [0.29, 0.717) is 26.1 Å². The summed E-state index contributed by atoms with van der Waals surface area (Å²) in [6, 6.07) is 7.06. The molecule has 2 aromatic heterocycles. The number of pyridine rings is 1. The molecule has 0 radical (unpaired) electrons. The molecule has 3 aromatic rings. The minimum Gasteiger partial charge on any atom is -0.438 e. The van der Waals surface area contributed by atoms with Crippen LogP contribution in [0, 0.1) is 11.3 Å². The highest BCUT2D eigenvalue weighted by Crippen LogP contribution is 2.47. The third kappa shape index (κ3) is 2.63. The van der Waals surface area contributed by atoms with Crippen molar-refractivity contribution in [1.82, 2.24) is 9.97 Å². The summed E-state index contributed by atoms with van der Waals surface area (Å²) >= 11 is 13.8. The largest absolute Gasteiger partial charge is 0.438 e. The zero-order valence-corrected chi connectivity index (χ0v) is 16.1. The number of thiazole rings is 1. The Balaban J connectivity index is 2.10. The van der Waals surface area contributed by atoms with Gasteiger partial charge in [-0.3, -0.25) is 4.79 Å². The second-order valence-electron chi connectivity index (χ2n) is 5.71. The minimum atomic E-state index is -0.807. The van der Waals surface area contributed by atoms with Gasteiger partial charge in [-0.25, -0.2) is 4.98 Å². The summed E-state index contributed by atoms with van der Waals surface area (Å²) < 4.78 is 6.30. The number of rotatable bonds is 2. The van der Waals surface area contributed by atoms with Crippen molar-refractivity contribution in [3.63, 3.8) is 0 Å². The van der Waals surface area contributed by atoms with Gasteiger partial charge >= 0.3 is 0 Å². The summed E-state index contributed by atoms with van der Waals surface area (Å²) in [7, 11) is 1.72. The Labute approximate surface area is 167 Å². The molecular formula is C17H11Cl2N5O2S. The van der Waals surface area contributed by atoms with Crippen molar-refractivity contribution in [3.05, 3.63) is 61.2 Å². The van der Waals surface area contributed by atoms with Crippen LogP contribution in [0.25, 0.3) is 10.3 Å². The first-order valence-corrected chi connectivity index (χ1v) is 9.29. The number of H-pyrrole nitrogens is 1. The number of hydrogen-bond donors (Lipinski definition) is 3. The van der Waals surface area contributed by atoms with Crippen molar-refractivity contribution in [2.75, 3.05) is 12.4 Å². The number of ether oxygens (including phenoxy) is 1. The number of allylic oxidation sites excluding steroid dienone is 1. The lowest BCUT2D eigenvalue weighted by Gasteiger charge is -2.26. The maximum atomic E-state index is 12.9. The average Bonchev–Trinajstić information content (AvgIpc) is 3.06. The predicted molar refractivity (Wildman–Crippen MR) is 106 cm³/mol. The number of nitrogens with two attached hydrogens (primary N) is 1. The van der Waals surface area contributed by atoms with E-state index < -0.39 is 11.5 Å². The smallest absolute Gasteiger partial charge is 0.257 e. The van der Waals surface area contributed by atoms with E-state index in [1.54, 1.807) is 25.2 Å². The van der Waals surface area contributed by atoms with E-state index in [1.807, 2.05) is 6.07 Å².